The first kappa shape index (κ1) is 13.9. The third kappa shape index (κ3) is 3.29. The van der Waals surface area contributed by atoms with E-state index in [0.29, 0.717) is 0 Å². The summed E-state index contributed by atoms with van der Waals surface area (Å²) in [4.78, 5) is 22.9. The van der Waals surface area contributed by atoms with Gasteiger partial charge in [0.2, 0.25) is 11.6 Å². The van der Waals surface area contributed by atoms with E-state index in [-0.39, 0.29) is 17.9 Å². The molecule has 0 amide bonds. The molecule has 0 aliphatic rings. The molecule has 20 heavy (non-hydrogen) atoms. The van der Waals surface area contributed by atoms with Crippen LogP contribution in [-0.4, -0.2) is 18.2 Å². The van der Waals surface area contributed by atoms with Crippen molar-refractivity contribution < 1.29 is 18.7 Å². The molecule has 0 saturated heterocycles. The van der Waals surface area contributed by atoms with Gasteiger partial charge in [0, 0.05) is 0 Å². The summed E-state index contributed by atoms with van der Waals surface area (Å²) in [6.45, 7) is -1.03. The molecule has 0 aliphatic carbocycles. The zero-order valence-electron chi connectivity index (χ0n) is 10.7. The topological polar surface area (TPSA) is 43.4 Å². The number of hydrogen-bond donors (Lipinski definition) is 0. The number of halogens is 1. The van der Waals surface area contributed by atoms with Gasteiger partial charge in [0.1, 0.15) is 12.4 Å². The third-order valence-electron chi connectivity index (χ3n) is 2.74. The first-order valence-corrected chi connectivity index (χ1v) is 6.11. The molecule has 0 saturated carbocycles. The van der Waals surface area contributed by atoms with Gasteiger partial charge in [-0.1, -0.05) is 42.5 Å². The largest absolute Gasteiger partial charge is 0.488 e. The van der Waals surface area contributed by atoms with E-state index in [4.69, 9.17) is 4.74 Å². The van der Waals surface area contributed by atoms with Crippen molar-refractivity contribution in [1.82, 2.24) is 0 Å². The van der Waals surface area contributed by atoms with Crippen molar-refractivity contribution in [2.75, 3.05) is 6.67 Å². The maximum absolute atomic E-state index is 12.3. The van der Waals surface area contributed by atoms with E-state index >= 15 is 0 Å². The lowest BCUT2D eigenvalue weighted by atomic mass is 10.1. The van der Waals surface area contributed by atoms with E-state index in [0.717, 1.165) is 5.56 Å². The van der Waals surface area contributed by atoms with Gasteiger partial charge in [0.15, 0.2) is 6.67 Å². The Bertz CT molecular complexity index is 608. The van der Waals surface area contributed by atoms with Gasteiger partial charge in [-0.2, -0.15) is 0 Å². The van der Waals surface area contributed by atoms with Crippen molar-refractivity contribution in [2.24, 2.45) is 0 Å². The Labute approximate surface area is 116 Å². The molecular weight excluding hydrogens is 259 g/mol. The lowest BCUT2D eigenvalue weighted by molar-refractivity contribution is -0.115. The molecule has 0 aliphatic heterocycles. The van der Waals surface area contributed by atoms with E-state index in [2.05, 4.69) is 0 Å². The van der Waals surface area contributed by atoms with Crippen LogP contribution in [0.3, 0.4) is 0 Å². The van der Waals surface area contributed by atoms with Crippen molar-refractivity contribution in [3.05, 3.63) is 65.7 Å². The van der Waals surface area contributed by atoms with Crippen LogP contribution in [0.25, 0.3) is 0 Å². The van der Waals surface area contributed by atoms with Gasteiger partial charge in [-0.3, -0.25) is 9.59 Å². The second-order valence-corrected chi connectivity index (χ2v) is 4.16. The SMILES string of the molecule is O=C(CF)C(=O)c1ccccc1OCc1ccccc1. The Morgan fingerprint density at radius 3 is 2.30 bits per heavy atom. The lowest BCUT2D eigenvalue weighted by Crippen LogP contribution is -2.16. The highest BCUT2D eigenvalue weighted by Crippen LogP contribution is 2.20. The van der Waals surface area contributed by atoms with Crippen LogP contribution in [0.4, 0.5) is 4.39 Å². The van der Waals surface area contributed by atoms with Crippen LogP contribution in [0.5, 0.6) is 5.75 Å². The van der Waals surface area contributed by atoms with Crippen LogP contribution in [0.1, 0.15) is 15.9 Å². The first-order chi connectivity index (χ1) is 9.72. The first-order valence-electron chi connectivity index (χ1n) is 6.11. The minimum absolute atomic E-state index is 0.0890. The Morgan fingerprint density at radius 1 is 0.950 bits per heavy atom. The summed E-state index contributed by atoms with van der Waals surface area (Å²) < 4.78 is 17.8. The van der Waals surface area contributed by atoms with Crippen LogP contribution in [-0.2, 0) is 11.4 Å². The number of rotatable bonds is 6. The number of ketones is 2. The number of benzene rings is 2. The van der Waals surface area contributed by atoms with Crippen molar-refractivity contribution >= 4 is 11.6 Å². The number of carbonyl (C=O) groups excluding carboxylic acids is 2. The number of para-hydroxylation sites is 1. The van der Waals surface area contributed by atoms with Crippen molar-refractivity contribution in [1.29, 1.82) is 0 Å². The Morgan fingerprint density at radius 2 is 1.60 bits per heavy atom. The van der Waals surface area contributed by atoms with Gasteiger partial charge in [0.05, 0.1) is 5.56 Å². The monoisotopic (exact) mass is 272 g/mol. The quantitative estimate of drug-likeness (QED) is 0.599. The van der Waals surface area contributed by atoms with Gasteiger partial charge in [-0.15, -0.1) is 0 Å². The Hall–Kier alpha value is -2.49. The number of hydrogen-bond acceptors (Lipinski definition) is 3. The Balaban J connectivity index is 2.16. The van der Waals surface area contributed by atoms with E-state index < -0.39 is 18.2 Å². The Kier molecular flexibility index (Phi) is 4.60. The van der Waals surface area contributed by atoms with E-state index in [1.54, 1.807) is 18.2 Å². The van der Waals surface area contributed by atoms with Crippen LogP contribution in [0, 0.1) is 0 Å². The summed E-state index contributed by atoms with van der Waals surface area (Å²) in [6, 6.07) is 15.8. The smallest absolute Gasteiger partial charge is 0.235 e. The highest BCUT2D eigenvalue weighted by atomic mass is 19.1. The van der Waals surface area contributed by atoms with Crippen LogP contribution >= 0.6 is 0 Å². The van der Waals surface area contributed by atoms with Gasteiger partial charge in [-0.25, -0.2) is 4.39 Å². The molecule has 2 aromatic carbocycles. The molecular formula is C16H13FO3. The molecule has 0 fully saturated rings. The normalized spacial score (nSPS) is 10.1. The summed E-state index contributed by atoms with van der Waals surface area (Å²) in [7, 11) is 0. The zero-order chi connectivity index (χ0) is 14.4. The fraction of sp³-hybridized carbons (Fsp3) is 0.125. The minimum Gasteiger partial charge on any atom is -0.488 e. The van der Waals surface area contributed by atoms with Gasteiger partial charge in [-0.05, 0) is 17.7 Å². The molecule has 102 valence electrons. The molecule has 3 nitrogen and oxygen atoms in total. The number of alkyl halides is 1. The van der Waals surface area contributed by atoms with Gasteiger partial charge >= 0.3 is 0 Å². The third-order valence-corrected chi connectivity index (χ3v) is 2.74. The molecule has 0 heterocycles. The molecule has 4 heteroatoms. The average molecular weight is 272 g/mol. The lowest BCUT2D eigenvalue weighted by Gasteiger charge is -2.10. The standard InChI is InChI=1S/C16H13FO3/c17-10-14(18)16(19)13-8-4-5-9-15(13)20-11-12-6-2-1-3-7-12/h1-9H,10-11H2. The minimum atomic E-state index is -1.30. The van der Waals surface area contributed by atoms with Gasteiger partial charge < -0.3 is 4.74 Å². The van der Waals surface area contributed by atoms with E-state index in [1.807, 2.05) is 30.3 Å². The van der Waals surface area contributed by atoms with E-state index in [1.165, 1.54) is 6.07 Å². The maximum atomic E-state index is 12.3. The molecule has 0 radical (unpaired) electrons. The fourth-order valence-corrected chi connectivity index (χ4v) is 1.73. The summed E-state index contributed by atoms with van der Waals surface area (Å²) in [5.41, 5.74) is 1.03. The zero-order valence-corrected chi connectivity index (χ0v) is 10.7. The van der Waals surface area contributed by atoms with Crippen LogP contribution in [0.2, 0.25) is 0 Å². The van der Waals surface area contributed by atoms with Crippen molar-refractivity contribution in [3.63, 3.8) is 0 Å². The summed E-state index contributed by atoms with van der Waals surface area (Å²) in [5, 5.41) is 0. The molecule has 0 atom stereocenters. The second-order valence-electron chi connectivity index (χ2n) is 4.16. The van der Waals surface area contributed by atoms with Crippen LogP contribution in [0.15, 0.2) is 54.6 Å². The van der Waals surface area contributed by atoms with Crippen molar-refractivity contribution in [2.45, 2.75) is 6.61 Å². The van der Waals surface area contributed by atoms with E-state index in [9.17, 15) is 14.0 Å². The molecule has 0 spiro atoms. The highest BCUT2D eigenvalue weighted by Gasteiger charge is 2.19. The predicted molar refractivity (Wildman–Crippen MR) is 72.5 cm³/mol. The molecule has 0 N–H and O–H groups in total. The number of ether oxygens (including phenoxy) is 1. The highest BCUT2D eigenvalue weighted by molar-refractivity contribution is 6.44. The average Bonchev–Trinajstić information content (AvgIpc) is 2.52. The summed E-state index contributed by atoms with van der Waals surface area (Å²) in [6.07, 6.45) is 0. The van der Waals surface area contributed by atoms with Crippen molar-refractivity contribution in [3.8, 4) is 5.75 Å². The van der Waals surface area contributed by atoms with Crippen LogP contribution < -0.4 is 4.74 Å². The molecule has 2 rings (SSSR count). The number of carbonyl (C=O) groups is 2. The van der Waals surface area contributed by atoms with Gasteiger partial charge in [0.25, 0.3) is 0 Å². The molecule has 0 bridgehead atoms. The summed E-state index contributed by atoms with van der Waals surface area (Å²) >= 11 is 0. The fourth-order valence-electron chi connectivity index (χ4n) is 1.73. The molecule has 0 aromatic heterocycles. The predicted octanol–water partition coefficient (Wildman–Crippen LogP) is 2.99. The maximum Gasteiger partial charge on any atom is 0.235 e. The molecule has 0 unspecified atom stereocenters. The summed E-state index contributed by atoms with van der Waals surface area (Å²) in [5.74, 6) is -1.65. The number of Topliss-reactive ketones (excluding diaryl/α,β-unsaturated/α-hetero) is 2. The second kappa shape index (κ2) is 6.61. The molecule has 2 aromatic rings.